The number of rotatable bonds is 8. The molecule has 5 rings (SSSR count). The van der Waals surface area contributed by atoms with Crippen LogP contribution in [0.25, 0.3) is 49.7 Å². The number of nitrogens with one attached hydrogen (secondary N) is 3. The van der Waals surface area contributed by atoms with Gasteiger partial charge in [0.05, 0.1) is 25.9 Å². The highest BCUT2D eigenvalue weighted by molar-refractivity contribution is 7.19. The van der Waals surface area contributed by atoms with E-state index in [9.17, 15) is 0 Å². The van der Waals surface area contributed by atoms with Crippen molar-refractivity contribution in [2.24, 2.45) is 5.41 Å². The van der Waals surface area contributed by atoms with Crippen molar-refractivity contribution < 1.29 is 0 Å². The molecule has 0 fully saturated rings. The number of allylic oxidation sites excluding steroid dienone is 5. The summed E-state index contributed by atoms with van der Waals surface area (Å²) in [7, 11) is 0. The molecule has 0 amide bonds. The Bertz CT molecular complexity index is 1760. The van der Waals surface area contributed by atoms with Crippen LogP contribution in [0.5, 0.6) is 0 Å². The van der Waals surface area contributed by atoms with Gasteiger partial charge in [-0.25, -0.2) is 9.97 Å². The van der Waals surface area contributed by atoms with Crippen molar-refractivity contribution in [3.8, 4) is 22.1 Å². The molecule has 0 spiro atoms. The first kappa shape index (κ1) is 26.6. The number of pyridine rings is 2. The third-order valence-corrected chi connectivity index (χ3v) is 7.28. The van der Waals surface area contributed by atoms with Gasteiger partial charge in [0, 0.05) is 17.6 Å². The lowest BCUT2D eigenvalue weighted by molar-refractivity contribution is 0.403. The Morgan fingerprint density at radius 2 is 1.87 bits per heavy atom. The lowest BCUT2D eigenvalue weighted by atomic mass is 9.91. The Morgan fingerprint density at radius 3 is 2.56 bits per heavy atom. The molecule has 7 nitrogen and oxygen atoms in total. The minimum Gasteiger partial charge on any atom is -0.359 e. The normalized spacial score (nSPS) is 12.8. The van der Waals surface area contributed by atoms with Crippen molar-refractivity contribution in [3.63, 3.8) is 0 Å². The van der Waals surface area contributed by atoms with Crippen LogP contribution < -0.4 is 5.32 Å². The van der Waals surface area contributed by atoms with E-state index in [1.54, 1.807) is 12.3 Å². The van der Waals surface area contributed by atoms with E-state index in [1.807, 2.05) is 49.4 Å². The van der Waals surface area contributed by atoms with E-state index in [0.717, 1.165) is 61.7 Å². The number of halogens is 1. The number of nitrogens with zero attached hydrogens (tertiary/aromatic N) is 4. The second-order valence-corrected chi connectivity index (χ2v) is 12.1. The summed E-state index contributed by atoms with van der Waals surface area (Å²) in [5, 5.41) is 11.0. The number of thiophene rings is 1. The third kappa shape index (κ3) is 5.72. The molecule has 0 unspecified atom stereocenters. The average Bonchev–Trinajstić information content (AvgIpc) is 3.62. The van der Waals surface area contributed by atoms with Crippen LogP contribution in [-0.2, 0) is 0 Å². The topological polar surface area (TPSA) is 95.2 Å². The maximum Gasteiger partial charge on any atom is 0.161 e. The molecule has 9 heteroatoms. The molecule has 0 bridgehead atoms. The van der Waals surface area contributed by atoms with Crippen LogP contribution in [0.4, 0.5) is 0 Å². The lowest BCUT2D eigenvalue weighted by Gasteiger charge is -2.21. The van der Waals surface area contributed by atoms with E-state index in [-0.39, 0.29) is 5.41 Å². The second-order valence-electron chi connectivity index (χ2n) is 10.4. The van der Waals surface area contributed by atoms with Crippen LogP contribution >= 0.6 is 22.9 Å². The smallest absolute Gasteiger partial charge is 0.161 e. The molecule has 5 aromatic rings. The summed E-state index contributed by atoms with van der Waals surface area (Å²) in [6.07, 6.45) is 8.45. The predicted molar refractivity (Wildman–Crippen MR) is 163 cm³/mol. The van der Waals surface area contributed by atoms with Gasteiger partial charge in [0.25, 0.3) is 0 Å². The molecule has 3 N–H and O–H groups in total. The van der Waals surface area contributed by atoms with Gasteiger partial charge in [-0.1, -0.05) is 51.6 Å². The summed E-state index contributed by atoms with van der Waals surface area (Å²) in [5.41, 5.74) is 8.25. The number of aromatic amines is 2. The van der Waals surface area contributed by atoms with Gasteiger partial charge in [0.15, 0.2) is 11.5 Å². The Labute approximate surface area is 236 Å². The fourth-order valence-corrected chi connectivity index (χ4v) is 5.44. The molecule has 0 atom stereocenters. The average molecular weight is 556 g/mol. The lowest BCUT2D eigenvalue weighted by Crippen LogP contribution is -2.16. The van der Waals surface area contributed by atoms with Crippen LogP contribution in [0.1, 0.15) is 39.8 Å². The van der Waals surface area contributed by atoms with Crippen molar-refractivity contribution in [2.45, 2.75) is 34.1 Å². The van der Waals surface area contributed by atoms with Crippen molar-refractivity contribution in [1.82, 2.24) is 35.5 Å². The maximum absolute atomic E-state index is 6.17. The molecule has 0 aliphatic carbocycles. The zero-order chi connectivity index (χ0) is 27.7. The van der Waals surface area contributed by atoms with E-state index in [0.29, 0.717) is 15.9 Å². The number of aromatic nitrogens is 6. The van der Waals surface area contributed by atoms with Crippen molar-refractivity contribution >= 4 is 50.6 Å². The van der Waals surface area contributed by atoms with E-state index in [2.05, 4.69) is 59.4 Å². The molecule has 0 saturated carbocycles. The van der Waals surface area contributed by atoms with Gasteiger partial charge in [0.2, 0.25) is 0 Å². The fraction of sp³-hybridized carbons (Fsp3) is 0.200. The van der Waals surface area contributed by atoms with E-state index < -0.39 is 0 Å². The third-order valence-electron chi connectivity index (χ3n) is 6.04. The zero-order valence-corrected chi connectivity index (χ0v) is 24.0. The Morgan fingerprint density at radius 1 is 1.08 bits per heavy atom. The molecule has 5 heterocycles. The van der Waals surface area contributed by atoms with E-state index >= 15 is 0 Å². The molecule has 39 heavy (non-hydrogen) atoms. The van der Waals surface area contributed by atoms with Gasteiger partial charge in [0.1, 0.15) is 16.7 Å². The van der Waals surface area contributed by atoms with E-state index in [4.69, 9.17) is 21.6 Å². The monoisotopic (exact) mass is 555 g/mol. The molecule has 0 aliphatic heterocycles. The van der Waals surface area contributed by atoms with Crippen molar-refractivity contribution in [3.05, 3.63) is 89.3 Å². The number of hydrogen-bond donors (Lipinski definition) is 3. The number of fused-ring (bicyclic) bond motifs is 2. The Kier molecular flexibility index (Phi) is 7.25. The van der Waals surface area contributed by atoms with Gasteiger partial charge in [-0.05, 0) is 66.8 Å². The van der Waals surface area contributed by atoms with E-state index in [1.165, 1.54) is 11.3 Å². The predicted octanol–water partition coefficient (Wildman–Crippen LogP) is 8.29. The van der Waals surface area contributed by atoms with Gasteiger partial charge in [-0.15, -0.1) is 11.3 Å². The fourth-order valence-electron chi connectivity index (χ4n) is 4.40. The maximum atomic E-state index is 6.17. The number of imidazole rings is 1. The highest BCUT2D eigenvalue weighted by Gasteiger charge is 2.18. The summed E-state index contributed by atoms with van der Waals surface area (Å²) in [6.45, 7) is 16.7. The van der Waals surface area contributed by atoms with Gasteiger partial charge in [-0.3, -0.25) is 10.1 Å². The first-order chi connectivity index (χ1) is 18.6. The minimum absolute atomic E-state index is 0.133. The molecule has 0 aliphatic rings. The van der Waals surface area contributed by atoms with Crippen LogP contribution in [0.15, 0.2) is 79.3 Å². The molecule has 0 radical (unpaired) electrons. The van der Waals surface area contributed by atoms with Crippen molar-refractivity contribution in [2.75, 3.05) is 0 Å². The Hall–Kier alpha value is -4.01. The second kappa shape index (κ2) is 10.6. The Balaban J connectivity index is 1.51. The first-order valence-corrected chi connectivity index (χ1v) is 13.8. The highest BCUT2D eigenvalue weighted by Crippen LogP contribution is 2.35. The summed E-state index contributed by atoms with van der Waals surface area (Å²) in [5.74, 6) is 0.613. The summed E-state index contributed by atoms with van der Waals surface area (Å²) in [6, 6.07) is 9.68. The van der Waals surface area contributed by atoms with Gasteiger partial charge >= 0.3 is 0 Å². The summed E-state index contributed by atoms with van der Waals surface area (Å²) < 4.78 is 0.705. The largest absolute Gasteiger partial charge is 0.359 e. The molecule has 0 saturated heterocycles. The number of H-pyrrole nitrogens is 2. The molecular weight excluding hydrogens is 526 g/mol. The minimum atomic E-state index is 0.133. The molecule has 5 aromatic heterocycles. The first-order valence-electron chi connectivity index (χ1n) is 12.6. The number of hydrogen-bond acceptors (Lipinski definition) is 6. The molecular formula is C30H30ClN7S. The van der Waals surface area contributed by atoms with Crippen molar-refractivity contribution in [1.29, 1.82) is 0 Å². The molecule has 198 valence electrons. The summed E-state index contributed by atoms with van der Waals surface area (Å²) in [4.78, 5) is 18.8. The van der Waals surface area contributed by atoms with Gasteiger partial charge in [-0.2, -0.15) is 5.10 Å². The van der Waals surface area contributed by atoms with Gasteiger partial charge < -0.3 is 10.3 Å². The highest BCUT2D eigenvalue weighted by atomic mass is 35.5. The summed E-state index contributed by atoms with van der Waals surface area (Å²) >= 11 is 7.64. The van der Waals surface area contributed by atoms with Crippen LogP contribution in [0.2, 0.25) is 4.34 Å². The van der Waals surface area contributed by atoms with Crippen LogP contribution in [-0.4, -0.2) is 30.1 Å². The van der Waals surface area contributed by atoms with Crippen LogP contribution in [0.3, 0.4) is 0 Å². The zero-order valence-electron chi connectivity index (χ0n) is 22.4. The van der Waals surface area contributed by atoms with Crippen LogP contribution in [0, 0.1) is 5.41 Å². The standard InChI is InChI=1S/C30H30ClN7S/c1-7-18(15-19(8-2)33-17(3)16-30(4,5)6)20-9-10-22-26(34-20)28(38-37-22)29-35-21-13-14-32-27(25(21)36-29)23-11-12-24(31)39-23/h7-15,33H,2-3,16H2,1,4-6H3,(H,35,36)(H,37,38)/b18-7+,19-15+. The SMILES string of the molecule is C=C/C(=C\C(=C/C)c1ccc2[nH]nc(-c3nc4c(-c5ccc(Cl)s5)nccc4[nH]3)c2n1)NC(=C)CC(C)(C)C. The quantitative estimate of drug-likeness (QED) is 0.167. The molecule has 0 aromatic carbocycles.